The molecule has 188 valence electrons. The van der Waals surface area contributed by atoms with Crippen molar-refractivity contribution in [3.05, 3.63) is 101 Å². The standard InChI is InChI=1S/C30H27NO6/c1-18(2)37-30(35)22-10-6-12-23(17-22)31-26(19-8-4-3-5-9-19)25(28(33)29(31)34)27(32)21-13-14-24-20(16-21)11-7-15-36-24/h3-6,8-10,12-14,16-18,26,32H,7,11,15H2,1-2H3/b27-25-. The molecule has 2 heterocycles. The second-order valence-corrected chi connectivity index (χ2v) is 9.36. The van der Waals surface area contributed by atoms with Gasteiger partial charge in [0, 0.05) is 11.3 Å². The van der Waals surface area contributed by atoms with Crippen LogP contribution >= 0.6 is 0 Å². The Balaban J connectivity index is 1.64. The molecule has 1 fully saturated rings. The zero-order chi connectivity index (χ0) is 26.1. The molecule has 0 saturated carbocycles. The topological polar surface area (TPSA) is 93.1 Å². The summed E-state index contributed by atoms with van der Waals surface area (Å²) in [6, 6.07) is 19.9. The zero-order valence-electron chi connectivity index (χ0n) is 20.6. The largest absolute Gasteiger partial charge is 0.507 e. The van der Waals surface area contributed by atoms with Crippen molar-refractivity contribution in [1.82, 2.24) is 0 Å². The summed E-state index contributed by atoms with van der Waals surface area (Å²) in [5.41, 5.74) is 2.64. The molecule has 0 bridgehead atoms. The number of hydrogen-bond acceptors (Lipinski definition) is 6. The van der Waals surface area contributed by atoms with Crippen LogP contribution < -0.4 is 9.64 Å². The minimum atomic E-state index is -0.884. The van der Waals surface area contributed by atoms with Crippen LogP contribution in [0.2, 0.25) is 0 Å². The summed E-state index contributed by atoms with van der Waals surface area (Å²) >= 11 is 0. The maximum absolute atomic E-state index is 13.4. The molecule has 1 amide bonds. The van der Waals surface area contributed by atoms with Gasteiger partial charge >= 0.3 is 5.97 Å². The number of amides is 1. The summed E-state index contributed by atoms with van der Waals surface area (Å²) in [5, 5.41) is 11.4. The molecule has 37 heavy (non-hydrogen) atoms. The van der Waals surface area contributed by atoms with E-state index in [0.29, 0.717) is 23.4 Å². The lowest BCUT2D eigenvalue weighted by molar-refractivity contribution is -0.132. The second-order valence-electron chi connectivity index (χ2n) is 9.36. The number of ether oxygens (including phenoxy) is 2. The molecule has 2 aliphatic rings. The SMILES string of the molecule is CC(C)OC(=O)c1cccc(N2C(=O)C(=O)/C(=C(\O)c3ccc4c(c3)CCCO4)C2c2ccccc2)c1. The van der Waals surface area contributed by atoms with Crippen molar-refractivity contribution in [3.63, 3.8) is 0 Å². The molecule has 0 radical (unpaired) electrons. The Kier molecular flexibility index (Phi) is 6.53. The number of aliphatic hydroxyl groups is 1. The fraction of sp³-hybridized carbons (Fsp3) is 0.233. The van der Waals surface area contributed by atoms with Gasteiger partial charge in [-0.3, -0.25) is 14.5 Å². The van der Waals surface area contributed by atoms with E-state index in [-0.39, 0.29) is 23.0 Å². The van der Waals surface area contributed by atoms with Gasteiger partial charge in [0.15, 0.2) is 0 Å². The van der Waals surface area contributed by atoms with Crippen LogP contribution in [-0.4, -0.2) is 35.5 Å². The van der Waals surface area contributed by atoms with E-state index in [0.717, 1.165) is 24.2 Å². The Bertz CT molecular complexity index is 1410. The lowest BCUT2D eigenvalue weighted by Crippen LogP contribution is -2.29. The lowest BCUT2D eigenvalue weighted by atomic mass is 9.94. The average Bonchev–Trinajstić information content (AvgIpc) is 3.18. The number of Topliss-reactive ketones (excluding diaryl/α,β-unsaturated/α-hetero) is 1. The van der Waals surface area contributed by atoms with Gasteiger partial charge in [0.1, 0.15) is 11.5 Å². The number of hydrogen-bond donors (Lipinski definition) is 1. The van der Waals surface area contributed by atoms with Crippen LogP contribution in [0.4, 0.5) is 5.69 Å². The smallest absolute Gasteiger partial charge is 0.338 e. The number of anilines is 1. The Labute approximate surface area is 214 Å². The summed E-state index contributed by atoms with van der Waals surface area (Å²) < 4.78 is 11.0. The number of aryl methyl sites for hydroxylation is 1. The molecular weight excluding hydrogens is 470 g/mol. The van der Waals surface area contributed by atoms with Crippen molar-refractivity contribution in [2.45, 2.75) is 38.8 Å². The molecule has 3 aromatic carbocycles. The molecular formula is C30H27NO6. The minimum absolute atomic E-state index is 0.0111. The molecule has 2 aliphatic heterocycles. The molecule has 1 unspecified atom stereocenters. The van der Waals surface area contributed by atoms with Crippen LogP contribution in [0.3, 0.4) is 0 Å². The first-order valence-electron chi connectivity index (χ1n) is 12.3. The van der Waals surface area contributed by atoms with E-state index < -0.39 is 23.7 Å². The number of aliphatic hydroxyl groups excluding tert-OH is 1. The zero-order valence-corrected chi connectivity index (χ0v) is 20.6. The van der Waals surface area contributed by atoms with Gasteiger partial charge in [-0.05, 0) is 74.2 Å². The summed E-state index contributed by atoms with van der Waals surface area (Å²) in [4.78, 5) is 40.7. The molecule has 7 nitrogen and oxygen atoms in total. The highest BCUT2D eigenvalue weighted by Crippen LogP contribution is 2.42. The van der Waals surface area contributed by atoms with E-state index >= 15 is 0 Å². The molecule has 0 aromatic heterocycles. The van der Waals surface area contributed by atoms with E-state index in [9.17, 15) is 19.5 Å². The quantitative estimate of drug-likeness (QED) is 0.225. The van der Waals surface area contributed by atoms with Crippen molar-refractivity contribution in [1.29, 1.82) is 0 Å². The minimum Gasteiger partial charge on any atom is -0.507 e. The monoisotopic (exact) mass is 497 g/mol. The molecule has 1 saturated heterocycles. The van der Waals surface area contributed by atoms with E-state index in [1.54, 1.807) is 56.3 Å². The first-order valence-corrected chi connectivity index (χ1v) is 12.3. The summed E-state index contributed by atoms with van der Waals surface area (Å²) in [6.07, 6.45) is 1.35. The number of esters is 1. The van der Waals surface area contributed by atoms with Crippen molar-refractivity contribution < 1.29 is 29.0 Å². The Morgan fingerprint density at radius 2 is 1.78 bits per heavy atom. The number of fused-ring (bicyclic) bond motifs is 1. The average molecular weight is 498 g/mol. The maximum Gasteiger partial charge on any atom is 0.338 e. The van der Waals surface area contributed by atoms with Crippen molar-refractivity contribution in [2.24, 2.45) is 0 Å². The normalized spacial score (nSPS) is 18.5. The van der Waals surface area contributed by atoms with Gasteiger partial charge in [0.2, 0.25) is 0 Å². The van der Waals surface area contributed by atoms with Crippen LogP contribution in [0, 0.1) is 0 Å². The molecule has 3 aromatic rings. The maximum atomic E-state index is 13.4. The molecule has 1 N–H and O–H groups in total. The van der Waals surface area contributed by atoms with E-state index in [1.165, 1.54) is 11.0 Å². The first-order chi connectivity index (χ1) is 17.8. The highest BCUT2D eigenvalue weighted by molar-refractivity contribution is 6.51. The van der Waals surface area contributed by atoms with Gasteiger partial charge in [0.25, 0.3) is 11.7 Å². The number of carbonyl (C=O) groups is 3. The molecule has 0 aliphatic carbocycles. The van der Waals surface area contributed by atoms with Crippen LogP contribution in [0.5, 0.6) is 5.75 Å². The van der Waals surface area contributed by atoms with Gasteiger partial charge in [-0.1, -0.05) is 36.4 Å². The van der Waals surface area contributed by atoms with E-state index in [1.807, 2.05) is 24.3 Å². The van der Waals surface area contributed by atoms with Gasteiger partial charge in [-0.25, -0.2) is 4.79 Å². The molecule has 7 heteroatoms. The number of benzene rings is 3. The van der Waals surface area contributed by atoms with Gasteiger partial charge in [0.05, 0.1) is 29.9 Å². The van der Waals surface area contributed by atoms with Crippen LogP contribution in [0.25, 0.3) is 5.76 Å². The third-order valence-corrected chi connectivity index (χ3v) is 6.44. The van der Waals surface area contributed by atoms with Gasteiger partial charge < -0.3 is 14.6 Å². The summed E-state index contributed by atoms with van der Waals surface area (Å²) in [6.45, 7) is 4.15. The van der Waals surface area contributed by atoms with Crippen LogP contribution in [0.15, 0.2) is 78.4 Å². The molecule has 0 spiro atoms. The van der Waals surface area contributed by atoms with Crippen molar-refractivity contribution >= 4 is 29.1 Å². The number of rotatable bonds is 5. The summed E-state index contributed by atoms with van der Waals surface area (Å²) in [7, 11) is 0. The Hall–Kier alpha value is -4.39. The third kappa shape index (κ3) is 4.60. The van der Waals surface area contributed by atoms with E-state index in [2.05, 4.69) is 0 Å². The van der Waals surface area contributed by atoms with E-state index in [4.69, 9.17) is 9.47 Å². The third-order valence-electron chi connectivity index (χ3n) is 6.44. The molecule has 5 rings (SSSR count). The number of ketones is 1. The lowest BCUT2D eigenvalue weighted by Gasteiger charge is -2.26. The van der Waals surface area contributed by atoms with Crippen LogP contribution in [0.1, 0.15) is 53.4 Å². The highest BCUT2D eigenvalue weighted by Gasteiger charge is 2.47. The van der Waals surface area contributed by atoms with Gasteiger partial charge in [-0.2, -0.15) is 0 Å². The predicted molar refractivity (Wildman–Crippen MR) is 138 cm³/mol. The van der Waals surface area contributed by atoms with Crippen molar-refractivity contribution in [3.8, 4) is 5.75 Å². The fourth-order valence-electron chi connectivity index (χ4n) is 4.78. The van der Waals surface area contributed by atoms with Crippen molar-refractivity contribution in [2.75, 3.05) is 11.5 Å². The Morgan fingerprint density at radius 1 is 1.00 bits per heavy atom. The highest BCUT2D eigenvalue weighted by atomic mass is 16.5. The van der Waals surface area contributed by atoms with Crippen LogP contribution in [-0.2, 0) is 20.7 Å². The summed E-state index contributed by atoms with van der Waals surface area (Å²) in [5.74, 6) is -1.60. The number of nitrogens with zero attached hydrogens (tertiary/aromatic N) is 1. The predicted octanol–water partition coefficient (Wildman–Crippen LogP) is 5.20. The van der Waals surface area contributed by atoms with Gasteiger partial charge in [-0.15, -0.1) is 0 Å². The second kappa shape index (κ2) is 9.93. The fourth-order valence-corrected chi connectivity index (χ4v) is 4.78. The Morgan fingerprint density at radius 3 is 2.54 bits per heavy atom. The molecule has 1 atom stereocenters. The number of carbonyl (C=O) groups excluding carboxylic acids is 3. The first kappa shape index (κ1) is 24.3.